The molecule has 0 saturated heterocycles. The number of aliphatic hydroxyl groups excluding tert-OH is 1. The molecule has 2 unspecified atom stereocenters. The molecule has 3 N–H and O–H groups in total. The van der Waals surface area contributed by atoms with Crippen LogP contribution in [0.5, 0.6) is 0 Å². The highest BCUT2D eigenvalue weighted by Gasteiger charge is 2.37. The molecule has 8 heteroatoms. The van der Waals surface area contributed by atoms with Gasteiger partial charge in [0, 0.05) is 12.6 Å². The van der Waals surface area contributed by atoms with Gasteiger partial charge in [-0.15, -0.1) is 0 Å². The molecule has 0 saturated carbocycles. The highest BCUT2D eigenvalue weighted by Crippen LogP contribution is 2.26. The van der Waals surface area contributed by atoms with E-state index in [2.05, 4.69) is 10.6 Å². The summed E-state index contributed by atoms with van der Waals surface area (Å²) < 4.78 is 5.24. The highest BCUT2D eigenvalue weighted by molar-refractivity contribution is 5.92. The van der Waals surface area contributed by atoms with Crippen LogP contribution in [0.1, 0.15) is 77.1 Å². The Bertz CT molecular complexity index is 817. The molecular weight excluding hydrogens is 422 g/mol. The molecule has 1 aromatic carbocycles. The number of benzene rings is 1. The number of ether oxygens (including phenoxy) is 1. The molecular formula is C25H41N3O5. The molecule has 1 aromatic rings. The molecule has 8 nitrogen and oxygen atoms in total. The van der Waals surface area contributed by atoms with E-state index in [1.807, 2.05) is 39.0 Å². The van der Waals surface area contributed by atoms with Gasteiger partial charge in [0.15, 0.2) is 0 Å². The van der Waals surface area contributed by atoms with Gasteiger partial charge >= 0.3 is 6.09 Å². The molecule has 3 amide bonds. The monoisotopic (exact) mass is 463 g/mol. The van der Waals surface area contributed by atoms with Crippen molar-refractivity contribution < 1.29 is 24.2 Å². The van der Waals surface area contributed by atoms with E-state index in [1.165, 1.54) is 4.90 Å². The summed E-state index contributed by atoms with van der Waals surface area (Å²) in [7, 11) is 0. The molecule has 0 fully saturated rings. The molecule has 0 aromatic heterocycles. The van der Waals surface area contributed by atoms with Crippen molar-refractivity contribution in [2.24, 2.45) is 0 Å². The van der Waals surface area contributed by atoms with E-state index in [0.717, 1.165) is 24.0 Å². The third kappa shape index (κ3) is 8.68. The first-order chi connectivity index (χ1) is 15.3. The van der Waals surface area contributed by atoms with Crippen LogP contribution in [-0.2, 0) is 14.3 Å². The van der Waals surface area contributed by atoms with Gasteiger partial charge in [0.1, 0.15) is 17.7 Å². The minimum atomic E-state index is -1.25. The van der Waals surface area contributed by atoms with Gasteiger partial charge in [0.25, 0.3) is 0 Å². The number of aliphatic hydroxyl groups is 1. The van der Waals surface area contributed by atoms with E-state index in [9.17, 15) is 19.5 Å². The number of nitrogens with zero attached hydrogens (tertiary/aromatic N) is 1. The topological polar surface area (TPSA) is 108 Å². The molecule has 0 heterocycles. The van der Waals surface area contributed by atoms with Crippen molar-refractivity contribution in [1.82, 2.24) is 15.5 Å². The van der Waals surface area contributed by atoms with Gasteiger partial charge in [-0.1, -0.05) is 31.5 Å². The lowest BCUT2D eigenvalue weighted by molar-refractivity contribution is -0.145. The van der Waals surface area contributed by atoms with E-state index in [4.69, 9.17) is 4.74 Å². The van der Waals surface area contributed by atoms with Crippen LogP contribution in [0, 0.1) is 13.8 Å². The molecule has 0 radical (unpaired) electrons. The van der Waals surface area contributed by atoms with E-state index in [1.54, 1.807) is 34.6 Å². The summed E-state index contributed by atoms with van der Waals surface area (Å²) in [4.78, 5) is 40.5. The number of carbonyl (C=O) groups excluding carboxylic acids is 3. The van der Waals surface area contributed by atoms with Crippen LogP contribution in [0.3, 0.4) is 0 Å². The predicted molar refractivity (Wildman–Crippen MR) is 129 cm³/mol. The fraction of sp³-hybridized carbons (Fsp3) is 0.640. The Morgan fingerprint density at radius 3 is 2.24 bits per heavy atom. The zero-order valence-electron chi connectivity index (χ0n) is 21.3. The van der Waals surface area contributed by atoms with Crippen LogP contribution in [0.15, 0.2) is 18.2 Å². The summed E-state index contributed by atoms with van der Waals surface area (Å²) in [6, 6.07) is 3.11. The summed E-state index contributed by atoms with van der Waals surface area (Å²) in [5.74, 6) is -0.866. The Morgan fingerprint density at radius 1 is 1.12 bits per heavy atom. The number of alkyl carbamates (subject to hydrolysis) is 1. The largest absolute Gasteiger partial charge is 0.444 e. The first kappa shape index (κ1) is 28.4. The molecule has 33 heavy (non-hydrogen) atoms. The van der Waals surface area contributed by atoms with Gasteiger partial charge < -0.3 is 25.4 Å². The highest BCUT2D eigenvalue weighted by atomic mass is 16.6. The second-order valence-electron chi connectivity index (χ2n) is 9.61. The number of rotatable bonds is 10. The van der Waals surface area contributed by atoms with Gasteiger partial charge in [0.2, 0.25) is 11.8 Å². The van der Waals surface area contributed by atoms with Crippen LogP contribution in [0.4, 0.5) is 4.79 Å². The second-order valence-corrected chi connectivity index (χ2v) is 9.61. The quantitative estimate of drug-likeness (QED) is 0.461. The van der Waals surface area contributed by atoms with Crippen molar-refractivity contribution in [3.63, 3.8) is 0 Å². The summed E-state index contributed by atoms with van der Waals surface area (Å²) in [5.41, 5.74) is 1.99. The van der Waals surface area contributed by atoms with E-state index in [0.29, 0.717) is 12.1 Å². The Kier molecular flexibility index (Phi) is 10.8. The third-order valence-electron chi connectivity index (χ3n) is 5.19. The average molecular weight is 464 g/mol. The Balaban J connectivity index is 3.35. The summed E-state index contributed by atoms with van der Waals surface area (Å²) in [5, 5.41) is 15.3. The lowest BCUT2D eigenvalue weighted by Crippen LogP contribution is -2.56. The maximum atomic E-state index is 13.5. The van der Waals surface area contributed by atoms with E-state index >= 15 is 0 Å². The second kappa shape index (κ2) is 12.6. The van der Waals surface area contributed by atoms with Crippen LogP contribution in [0.25, 0.3) is 0 Å². The first-order valence-electron chi connectivity index (χ1n) is 11.6. The molecule has 0 spiro atoms. The number of hydrogen-bond donors (Lipinski definition) is 3. The summed E-state index contributed by atoms with van der Waals surface area (Å²) in [6.45, 7) is 14.6. The number of amides is 3. The van der Waals surface area contributed by atoms with Crippen LogP contribution < -0.4 is 10.6 Å². The normalized spacial score (nSPS) is 13.3. The SMILES string of the molecule is CCCCNC(=O)C(c1ccc(C)c(C)c1)N(C(=O)C(CO)NC(=O)OC(C)(C)C)C(C)C. The van der Waals surface area contributed by atoms with Crippen molar-refractivity contribution in [3.05, 3.63) is 34.9 Å². The van der Waals surface area contributed by atoms with Gasteiger partial charge in [-0.3, -0.25) is 9.59 Å². The Labute approximate surface area is 198 Å². The van der Waals surface area contributed by atoms with Crippen molar-refractivity contribution >= 4 is 17.9 Å². The summed E-state index contributed by atoms with van der Waals surface area (Å²) in [6.07, 6.45) is 0.933. The lowest BCUT2D eigenvalue weighted by atomic mass is 9.97. The van der Waals surface area contributed by atoms with Crippen molar-refractivity contribution in [1.29, 1.82) is 0 Å². The number of carbonyl (C=O) groups is 3. The number of unbranched alkanes of at least 4 members (excludes halogenated alkanes) is 1. The Morgan fingerprint density at radius 2 is 1.76 bits per heavy atom. The lowest BCUT2D eigenvalue weighted by Gasteiger charge is -2.37. The van der Waals surface area contributed by atoms with Crippen molar-refractivity contribution in [2.45, 2.75) is 92.0 Å². The Hall–Kier alpha value is -2.61. The third-order valence-corrected chi connectivity index (χ3v) is 5.19. The fourth-order valence-corrected chi connectivity index (χ4v) is 3.35. The predicted octanol–water partition coefficient (Wildman–Crippen LogP) is 3.38. The zero-order chi connectivity index (χ0) is 25.3. The van der Waals surface area contributed by atoms with Crippen molar-refractivity contribution in [2.75, 3.05) is 13.2 Å². The van der Waals surface area contributed by atoms with Gasteiger partial charge in [0.05, 0.1) is 6.61 Å². The van der Waals surface area contributed by atoms with Crippen LogP contribution in [0.2, 0.25) is 0 Å². The van der Waals surface area contributed by atoms with Gasteiger partial charge in [-0.2, -0.15) is 0 Å². The molecule has 0 aliphatic heterocycles. The maximum absolute atomic E-state index is 13.5. The minimum absolute atomic E-state index is 0.303. The number of aryl methyl sites for hydroxylation is 2. The standard InChI is InChI=1S/C25H41N3O5/c1-9-10-13-26-22(30)21(19-12-11-17(4)18(5)14-19)28(16(2)3)23(31)20(15-29)27-24(32)33-25(6,7)8/h11-12,14,16,20-21,29H,9-10,13,15H2,1-8H3,(H,26,30)(H,27,32). The molecule has 0 aliphatic rings. The zero-order valence-corrected chi connectivity index (χ0v) is 21.3. The minimum Gasteiger partial charge on any atom is -0.444 e. The molecule has 1 rings (SSSR count). The van der Waals surface area contributed by atoms with E-state index in [-0.39, 0.29) is 11.9 Å². The van der Waals surface area contributed by atoms with Crippen LogP contribution in [-0.4, -0.2) is 58.8 Å². The smallest absolute Gasteiger partial charge is 0.408 e. The molecule has 2 atom stereocenters. The molecule has 0 bridgehead atoms. The first-order valence-corrected chi connectivity index (χ1v) is 11.6. The molecule has 186 valence electrons. The average Bonchev–Trinajstić information content (AvgIpc) is 2.70. The van der Waals surface area contributed by atoms with Gasteiger partial charge in [-0.25, -0.2) is 4.79 Å². The number of hydrogen-bond acceptors (Lipinski definition) is 5. The van der Waals surface area contributed by atoms with Crippen LogP contribution >= 0.6 is 0 Å². The maximum Gasteiger partial charge on any atom is 0.408 e. The molecule has 0 aliphatic carbocycles. The van der Waals surface area contributed by atoms with E-state index < -0.39 is 36.3 Å². The summed E-state index contributed by atoms with van der Waals surface area (Å²) >= 11 is 0. The van der Waals surface area contributed by atoms with Crippen molar-refractivity contribution in [3.8, 4) is 0 Å². The number of nitrogens with one attached hydrogen (secondary N) is 2. The van der Waals surface area contributed by atoms with Gasteiger partial charge in [-0.05, 0) is 71.6 Å². The fourth-order valence-electron chi connectivity index (χ4n) is 3.35.